The highest BCUT2D eigenvalue weighted by molar-refractivity contribution is 7.99. The summed E-state index contributed by atoms with van der Waals surface area (Å²) in [6.07, 6.45) is 3.51. The summed E-state index contributed by atoms with van der Waals surface area (Å²) < 4.78 is 11.3. The summed E-state index contributed by atoms with van der Waals surface area (Å²) in [6, 6.07) is 15.4. The van der Waals surface area contributed by atoms with Crippen LogP contribution < -0.4 is 4.74 Å². The molecule has 0 unspecified atom stereocenters. The Bertz CT molecular complexity index is 882. The van der Waals surface area contributed by atoms with Crippen LogP contribution in [0.5, 0.6) is 5.75 Å². The minimum atomic E-state index is 0.286. The van der Waals surface area contributed by atoms with Gasteiger partial charge in [0.2, 0.25) is 0 Å². The Kier molecular flexibility index (Phi) is 6.87. The lowest BCUT2D eigenvalue weighted by Crippen LogP contribution is -2.38. The normalized spacial score (nSPS) is 19.4. The molecule has 1 saturated heterocycles. The maximum absolute atomic E-state index is 5.93. The molecule has 0 aromatic heterocycles. The van der Waals surface area contributed by atoms with Gasteiger partial charge < -0.3 is 9.47 Å². The molecule has 2 aliphatic heterocycles. The zero-order chi connectivity index (χ0) is 21.0. The lowest BCUT2D eigenvalue weighted by molar-refractivity contribution is 0.0322. The molecule has 4 rings (SSSR count). The summed E-state index contributed by atoms with van der Waals surface area (Å²) in [7, 11) is 0. The SMILES string of the molecule is CC(=Cc1ccc(OCCN2CCOCC2)cc1)c1ccc2c(c1)SCCC2(C)C. The van der Waals surface area contributed by atoms with Gasteiger partial charge in [0, 0.05) is 24.5 Å². The highest BCUT2D eigenvalue weighted by Gasteiger charge is 2.27. The van der Waals surface area contributed by atoms with E-state index in [9.17, 15) is 0 Å². The first kappa shape index (κ1) is 21.5. The van der Waals surface area contributed by atoms with Gasteiger partial charge in [-0.2, -0.15) is 0 Å². The molecule has 2 aliphatic rings. The van der Waals surface area contributed by atoms with Crippen LogP contribution in [-0.2, 0) is 10.2 Å². The molecule has 0 radical (unpaired) electrons. The quantitative estimate of drug-likeness (QED) is 0.553. The second-order valence-electron chi connectivity index (χ2n) is 8.89. The molecule has 2 heterocycles. The molecule has 0 N–H and O–H groups in total. The molecule has 0 spiro atoms. The standard InChI is InChI=1S/C26H33NO2S/c1-20(22-6-9-24-25(19-22)30-17-10-26(24,2)3)18-21-4-7-23(8-5-21)29-16-13-27-11-14-28-15-12-27/h4-9,18-19H,10-17H2,1-3H3. The number of hydrogen-bond donors (Lipinski definition) is 0. The minimum Gasteiger partial charge on any atom is -0.492 e. The number of ether oxygens (including phenoxy) is 2. The number of fused-ring (bicyclic) bond motifs is 1. The molecular weight excluding hydrogens is 390 g/mol. The van der Waals surface area contributed by atoms with Gasteiger partial charge in [-0.1, -0.05) is 44.2 Å². The molecule has 2 aromatic carbocycles. The summed E-state index contributed by atoms with van der Waals surface area (Å²) in [5.74, 6) is 2.14. The van der Waals surface area contributed by atoms with Crippen molar-refractivity contribution in [1.29, 1.82) is 0 Å². The van der Waals surface area contributed by atoms with Crippen molar-refractivity contribution in [3.8, 4) is 5.75 Å². The molecule has 0 saturated carbocycles. The van der Waals surface area contributed by atoms with E-state index in [1.807, 2.05) is 11.8 Å². The smallest absolute Gasteiger partial charge is 0.119 e. The van der Waals surface area contributed by atoms with Gasteiger partial charge in [-0.05, 0) is 65.0 Å². The molecule has 30 heavy (non-hydrogen) atoms. The number of thioether (sulfide) groups is 1. The number of benzene rings is 2. The van der Waals surface area contributed by atoms with Crippen LogP contribution in [0.1, 0.15) is 43.9 Å². The maximum Gasteiger partial charge on any atom is 0.119 e. The average molecular weight is 424 g/mol. The molecule has 0 aliphatic carbocycles. The Morgan fingerprint density at radius 3 is 2.67 bits per heavy atom. The number of nitrogens with zero attached hydrogens (tertiary/aromatic N) is 1. The van der Waals surface area contributed by atoms with Crippen LogP contribution in [0.15, 0.2) is 47.4 Å². The Labute approximate surface area is 185 Å². The number of rotatable bonds is 6. The molecule has 1 fully saturated rings. The van der Waals surface area contributed by atoms with E-state index < -0.39 is 0 Å². The second kappa shape index (κ2) is 9.59. The fraction of sp³-hybridized carbons (Fsp3) is 0.462. The molecule has 160 valence electrons. The van der Waals surface area contributed by atoms with E-state index in [1.54, 1.807) is 0 Å². The van der Waals surface area contributed by atoms with Gasteiger partial charge in [-0.15, -0.1) is 11.8 Å². The van der Waals surface area contributed by atoms with Gasteiger partial charge in [0.05, 0.1) is 13.2 Å². The minimum absolute atomic E-state index is 0.286. The average Bonchev–Trinajstić information content (AvgIpc) is 2.75. The van der Waals surface area contributed by atoms with Gasteiger partial charge >= 0.3 is 0 Å². The van der Waals surface area contributed by atoms with Crippen molar-refractivity contribution in [1.82, 2.24) is 4.90 Å². The van der Waals surface area contributed by atoms with Crippen LogP contribution in [0.4, 0.5) is 0 Å². The topological polar surface area (TPSA) is 21.7 Å². The van der Waals surface area contributed by atoms with Crippen molar-refractivity contribution in [2.24, 2.45) is 0 Å². The number of morpholine rings is 1. The summed E-state index contributed by atoms with van der Waals surface area (Å²) >= 11 is 1.99. The van der Waals surface area contributed by atoms with Gasteiger partial charge in [-0.25, -0.2) is 0 Å². The molecule has 4 heteroatoms. The lowest BCUT2D eigenvalue weighted by Gasteiger charge is -2.32. The predicted octanol–water partition coefficient (Wildman–Crippen LogP) is 5.73. The van der Waals surface area contributed by atoms with Crippen molar-refractivity contribution in [3.05, 3.63) is 59.2 Å². The summed E-state index contributed by atoms with van der Waals surface area (Å²) in [4.78, 5) is 3.84. The van der Waals surface area contributed by atoms with Gasteiger partial charge in [0.15, 0.2) is 0 Å². The van der Waals surface area contributed by atoms with Gasteiger partial charge in [0.1, 0.15) is 12.4 Å². The monoisotopic (exact) mass is 423 g/mol. The van der Waals surface area contributed by atoms with E-state index >= 15 is 0 Å². The Morgan fingerprint density at radius 2 is 1.90 bits per heavy atom. The summed E-state index contributed by atoms with van der Waals surface area (Å²) in [6.45, 7) is 12.3. The third-order valence-corrected chi connectivity index (χ3v) is 7.25. The largest absolute Gasteiger partial charge is 0.492 e. The summed E-state index contributed by atoms with van der Waals surface area (Å²) in [5, 5.41) is 0. The van der Waals surface area contributed by atoms with E-state index in [2.05, 4.69) is 74.2 Å². The third-order valence-electron chi connectivity index (χ3n) is 6.19. The lowest BCUT2D eigenvalue weighted by atomic mass is 9.81. The first-order chi connectivity index (χ1) is 14.5. The molecule has 2 aromatic rings. The Morgan fingerprint density at radius 1 is 1.13 bits per heavy atom. The van der Waals surface area contributed by atoms with E-state index in [0.717, 1.165) is 45.2 Å². The molecular formula is C26H33NO2S. The first-order valence-electron chi connectivity index (χ1n) is 11.0. The molecule has 3 nitrogen and oxygen atoms in total. The predicted molar refractivity (Wildman–Crippen MR) is 128 cm³/mol. The van der Waals surface area contributed by atoms with E-state index in [-0.39, 0.29) is 5.41 Å². The second-order valence-corrected chi connectivity index (χ2v) is 10.0. The maximum atomic E-state index is 5.93. The number of hydrogen-bond acceptors (Lipinski definition) is 4. The van der Waals surface area contributed by atoms with Crippen molar-refractivity contribution in [2.45, 2.75) is 37.5 Å². The molecule has 0 bridgehead atoms. The zero-order valence-corrected chi connectivity index (χ0v) is 19.3. The third kappa shape index (κ3) is 5.29. The van der Waals surface area contributed by atoms with Crippen molar-refractivity contribution < 1.29 is 9.47 Å². The summed E-state index contributed by atoms with van der Waals surface area (Å²) in [5.41, 5.74) is 5.59. The van der Waals surface area contributed by atoms with Crippen LogP contribution in [0.3, 0.4) is 0 Å². The van der Waals surface area contributed by atoms with E-state index in [0.29, 0.717) is 0 Å². The van der Waals surface area contributed by atoms with Gasteiger partial charge in [0.25, 0.3) is 0 Å². The van der Waals surface area contributed by atoms with Crippen LogP contribution in [0, 0.1) is 0 Å². The van der Waals surface area contributed by atoms with Crippen LogP contribution in [0.25, 0.3) is 11.6 Å². The fourth-order valence-corrected chi connectivity index (χ4v) is 5.65. The highest BCUT2D eigenvalue weighted by Crippen LogP contribution is 2.42. The van der Waals surface area contributed by atoms with E-state index in [4.69, 9.17) is 9.47 Å². The van der Waals surface area contributed by atoms with Crippen molar-refractivity contribution >= 4 is 23.4 Å². The van der Waals surface area contributed by atoms with Crippen molar-refractivity contribution in [2.75, 3.05) is 45.2 Å². The van der Waals surface area contributed by atoms with Gasteiger partial charge in [-0.3, -0.25) is 4.90 Å². The Balaban J connectivity index is 1.37. The number of allylic oxidation sites excluding steroid dienone is 1. The Hall–Kier alpha value is -1.75. The zero-order valence-electron chi connectivity index (χ0n) is 18.4. The van der Waals surface area contributed by atoms with Crippen LogP contribution in [-0.4, -0.2) is 50.1 Å². The first-order valence-corrected chi connectivity index (χ1v) is 12.0. The van der Waals surface area contributed by atoms with Crippen LogP contribution in [0.2, 0.25) is 0 Å². The molecule has 0 amide bonds. The van der Waals surface area contributed by atoms with Crippen LogP contribution >= 0.6 is 11.8 Å². The fourth-order valence-electron chi connectivity index (χ4n) is 4.11. The van der Waals surface area contributed by atoms with E-state index in [1.165, 1.54) is 39.3 Å². The van der Waals surface area contributed by atoms with Crippen molar-refractivity contribution in [3.63, 3.8) is 0 Å². The highest BCUT2D eigenvalue weighted by atomic mass is 32.2. The molecule has 0 atom stereocenters.